The zero-order valence-electron chi connectivity index (χ0n) is 15.2. The molecule has 0 amide bonds. The second kappa shape index (κ2) is 7.12. The number of rotatable bonds is 3. The summed E-state index contributed by atoms with van der Waals surface area (Å²) in [4.78, 5) is 5.12. The zero-order chi connectivity index (χ0) is 17.1. The maximum atomic E-state index is 4.43. The molecule has 1 aromatic carbocycles. The summed E-state index contributed by atoms with van der Waals surface area (Å²) in [5.41, 5.74) is 2.83. The molecule has 2 aliphatic rings. The first-order chi connectivity index (χ1) is 12.2. The molecule has 1 aromatic heterocycles. The highest BCUT2D eigenvalue weighted by Crippen LogP contribution is 2.39. The molecule has 1 spiro atoms. The molecule has 3 heterocycles. The Labute approximate surface area is 150 Å². The zero-order valence-corrected chi connectivity index (χ0v) is 15.2. The molecular weight excluding hydrogens is 308 g/mol. The molecule has 4 heteroatoms. The van der Waals surface area contributed by atoms with E-state index in [1.165, 1.54) is 44.3 Å². The van der Waals surface area contributed by atoms with Gasteiger partial charge in [-0.15, -0.1) is 5.10 Å². The van der Waals surface area contributed by atoms with Crippen molar-refractivity contribution in [1.82, 2.24) is 15.1 Å². The van der Waals surface area contributed by atoms with Crippen LogP contribution in [0.5, 0.6) is 0 Å². The molecule has 2 saturated heterocycles. The van der Waals surface area contributed by atoms with Gasteiger partial charge in [-0.25, -0.2) is 0 Å². The van der Waals surface area contributed by atoms with E-state index >= 15 is 0 Å². The third-order valence-electron chi connectivity index (χ3n) is 5.76. The molecule has 0 radical (unpaired) electrons. The first-order valence-corrected chi connectivity index (χ1v) is 9.54. The normalized spacial score (nSPS) is 24.6. The minimum absolute atomic E-state index is 0.415. The Hall–Kier alpha value is -1.94. The number of hydrogen-bond donors (Lipinski definition) is 0. The molecule has 1 atom stereocenters. The predicted molar refractivity (Wildman–Crippen MR) is 102 cm³/mol. The van der Waals surface area contributed by atoms with Crippen molar-refractivity contribution in [2.45, 2.75) is 39.2 Å². The number of anilines is 1. The Morgan fingerprint density at radius 3 is 2.48 bits per heavy atom. The lowest BCUT2D eigenvalue weighted by molar-refractivity contribution is 0.0682. The quantitative estimate of drug-likeness (QED) is 0.856. The lowest BCUT2D eigenvalue weighted by atomic mass is 9.73. The van der Waals surface area contributed by atoms with Crippen molar-refractivity contribution in [1.29, 1.82) is 0 Å². The lowest BCUT2D eigenvalue weighted by Crippen LogP contribution is -2.52. The van der Waals surface area contributed by atoms with E-state index in [-0.39, 0.29) is 0 Å². The van der Waals surface area contributed by atoms with E-state index in [0.717, 1.165) is 31.1 Å². The maximum Gasteiger partial charge on any atom is 0.151 e. The van der Waals surface area contributed by atoms with Crippen LogP contribution >= 0.6 is 0 Å². The van der Waals surface area contributed by atoms with Crippen LogP contribution in [-0.2, 0) is 6.54 Å². The summed E-state index contributed by atoms with van der Waals surface area (Å²) < 4.78 is 0. The third kappa shape index (κ3) is 3.84. The Bertz CT molecular complexity index is 681. The summed E-state index contributed by atoms with van der Waals surface area (Å²) in [6.45, 7) is 7.73. The molecular formula is C21H28N4. The van der Waals surface area contributed by atoms with Gasteiger partial charge >= 0.3 is 0 Å². The van der Waals surface area contributed by atoms with Crippen LogP contribution in [0.1, 0.15) is 36.9 Å². The van der Waals surface area contributed by atoms with Gasteiger partial charge in [0.25, 0.3) is 0 Å². The van der Waals surface area contributed by atoms with Crippen molar-refractivity contribution >= 4 is 5.82 Å². The van der Waals surface area contributed by atoms with Crippen LogP contribution in [0.25, 0.3) is 0 Å². The number of piperidine rings is 2. The lowest BCUT2D eigenvalue weighted by Gasteiger charge is -2.48. The first-order valence-electron chi connectivity index (χ1n) is 9.54. The Morgan fingerprint density at radius 1 is 0.920 bits per heavy atom. The molecule has 2 fully saturated rings. The minimum Gasteiger partial charge on any atom is -0.355 e. The average Bonchev–Trinajstić information content (AvgIpc) is 2.63. The predicted octanol–water partition coefficient (Wildman–Crippen LogP) is 3.67. The van der Waals surface area contributed by atoms with Crippen LogP contribution in [0.15, 0.2) is 42.5 Å². The van der Waals surface area contributed by atoms with Gasteiger partial charge in [0.05, 0.1) is 5.69 Å². The van der Waals surface area contributed by atoms with Crippen molar-refractivity contribution < 1.29 is 0 Å². The summed E-state index contributed by atoms with van der Waals surface area (Å²) in [6.07, 6.45) is 5.25. The van der Waals surface area contributed by atoms with Crippen molar-refractivity contribution in [3.8, 4) is 0 Å². The van der Waals surface area contributed by atoms with Crippen molar-refractivity contribution in [3.63, 3.8) is 0 Å². The second-order valence-electron chi connectivity index (χ2n) is 7.86. The summed E-state index contributed by atoms with van der Waals surface area (Å²) in [5.74, 6) is 1.05. The van der Waals surface area contributed by atoms with Crippen LogP contribution in [0.2, 0.25) is 0 Å². The van der Waals surface area contributed by atoms with E-state index in [4.69, 9.17) is 0 Å². The van der Waals surface area contributed by atoms with Gasteiger partial charge in [0.2, 0.25) is 0 Å². The van der Waals surface area contributed by atoms with Gasteiger partial charge in [0, 0.05) is 31.6 Å². The van der Waals surface area contributed by atoms with E-state index in [0.29, 0.717) is 5.41 Å². The topological polar surface area (TPSA) is 32.3 Å². The van der Waals surface area contributed by atoms with Gasteiger partial charge in [0.1, 0.15) is 0 Å². The number of aromatic nitrogens is 2. The molecule has 4 nitrogen and oxygen atoms in total. The number of hydrogen-bond acceptors (Lipinski definition) is 4. The molecule has 0 saturated carbocycles. The molecule has 0 N–H and O–H groups in total. The molecule has 0 bridgehead atoms. The number of benzene rings is 1. The second-order valence-corrected chi connectivity index (χ2v) is 7.86. The van der Waals surface area contributed by atoms with Gasteiger partial charge in [-0.3, -0.25) is 4.90 Å². The highest BCUT2D eigenvalue weighted by molar-refractivity contribution is 5.38. The monoisotopic (exact) mass is 336 g/mol. The molecule has 0 aliphatic carbocycles. The third-order valence-corrected chi connectivity index (χ3v) is 5.76. The van der Waals surface area contributed by atoms with Crippen LogP contribution in [-0.4, -0.2) is 41.3 Å². The highest BCUT2D eigenvalue weighted by atomic mass is 15.3. The fourth-order valence-corrected chi connectivity index (χ4v) is 4.58. The van der Waals surface area contributed by atoms with E-state index in [2.05, 4.69) is 62.5 Å². The van der Waals surface area contributed by atoms with Gasteiger partial charge in [-0.2, -0.15) is 5.10 Å². The minimum atomic E-state index is 0.415. The Morgan fingerprint density at radius 2 is 1.72 bits per heavy atom. The smallest absolute Gasteiger partial charge is 0.151 e. The van der Waals surface area contributed by atoms with Crippen LogP contribution in [0.3, 0.4) is 0 Å². The molecule has 2 aliphatic heterocycles. The van der Waals surface area contributed by atoms with E-state index in [9.17, 15) is 0 Å². The number of aryl methyl sites for hydroxylation is 1. The average molecular weight is 336 g/mol. The van der Waals surface area contributed by atoms with Gasteiger partial charge in [0.15, 0.2) is 5.82 Å². The summed E-state index contributed by atoms with van der Waals surface area (Å²) in [7, 11) is 0. The summed E-state index contributed by atoms with van der Waals surface area (Å²) in [6, 6.07) is 15.1. The first kappa shape index (κ1) is 16.5. The fraction of sp³-hybridized carbons (Fsp3) is 0.524. The highest BCUT2D eigenvalue weighted by Gasteiger charge is 2.39. The van der Waals surface area contributed by atoms with E-state index < -0.39 is 0 Å². The van der Waals surface area contributed by atoms with Crippen molar-refractivity contribution in [2.75, 3.05) is 31.1 Å². The molecule has 2 aromatic rings. The van der Waals surface area contributed by atoms with Crippen LogP contribution < -0.4 is 4.90 Å². The SMILES string of the molecule is Cc1ccc(N2CCC[C@]3(CCCN(Cc4ccccc4)C3)C2)nn1. The van der Waals surface area contributed by atoms with Gasteiger partial charge in [-0.05, 0) is 56.8 Å². The van der Waals surface area contributed by atoms with Crippen molar-refractivity contribution in [3.05, 3.63) is 53.7 Å². The molecule has 0 unspecified atom stereocenters. The van der Waals surface area contributed by atoms with Crippen LogP contribution in [0.4, 0.5) is 5.82 Å². The molecule has 4 rings (SSSR count). The summed E-state index contributed by atoms with van der Waals surface area (Å²) >= 11 is 0. The maximum absolute atomic E-state index is 4.43. The largest absolute Gasteiger partial charge is 0.355 e. The number of nitrogens with zero attached hydrogens (tertiary/aromatic N) is 4. The van der Waals surface area contributed by atoms with Crippen LogP contribution in [0, 0.1) is 12.3 Å². The van der Waals surface area contributed by atoms with E-state index in [1.807, 2.05) is 6.92 Å². The molecule has 25 heavy (non-hydrogen) atoms. The van der Waals surface area contributed by atoms with Crippen molar-refractivity contribution in [2.24, 2.45) is 5.41 Å². The Kier molecular flexibility index (Phi) is 4.71. The fourth-order valence-electron chi connectivity index (χ4n) is 4.58. The summed E-state index contributed by atoms with van der Waals surface area (Å²) in [5, 5.41) is 8.69. The van der Waals surface area contributed by atoms with E-state index in [1.54, 1.807) is 0 Å². The standard InChI is InChI=1S/C21H28N4/c1-18-9-10-20(23-22-18)25-14-6-12-21(17-25)11-5-13-24(16-21)15-19-7-3-2-4-8-19/h2-4,7-10H,5-6,11-17H2,1H3/t21-/m0/s1. The molecule has 132 valence electrons. The number of likely N-dealkylation sites (tertiary alicyclic amines) is 1. The van der Waals surface area contributed by atoms with Gasteiger partial charge in [-0.1, -0.05) is 30.3 Å². The Balaban J connectivity index is 1.45. The van der Waals surface area contributed by atoms with Gasteiger partial charge < -0.3 is 4.90 Å².